The van der Waals surface area contributed by atoms with Gasteiger partial charge in [-0.3, -0.25) is 0 Å². The molecule has 1 aromatic carbocycles. The third kappa shape index (κ3) is 3.39. The van der Waals surface area contributed by atoms with Gasteiger partial charge in [-0.1, -0.05) is 12.1 Å². The summed E-state index contributed by atoms with van der Waals surface area (Å²) in [5.41, 5.74) is 0.0658. The molecule has 0 amide bonds. The highest BCUT2D eigenvalue weighted by atomic mass is 35.5. The predicted molar refractivity (Wildman–Crippen MR) is 79.6 cm³/mol. The maximum atomic E-state index is 11.8. The monoisotopic (exact) mass is 316 g/mol. The number of carbonyl (C=O) groups is 1. The molecular weight excluding hydrogens is 299 g/mol. The molecule has 0 unspecified atom stereocenters. The molecule has 1 aromatic rings. The van der Waals surface area contributed by atoms with Gasteiger partial charge in [-0.15, -0.1) is 23.2 Å². The second kappa shape index (κ2) is 5.45. The molecule has 20 heavy (non-hydrogen) atoms. The molecule has 2 rings (SSSR count). The summed E-state index contributed by atoms with van der Waals surface area (Å²) in [6.07, 6.45) is 0.768. The quantitative estimate of drug-likeness (QED) is 0.607. The van der Waals surface area contributed by atoms with Gasteiger partial charge in [-0.05, 0) is 44.9 Å². The van der Waals surface area contributed by atoms with E-state index < -0.39 is 9.93 Å². The van der Waals surface area contributed by atoms with Gasteiger partial charge in [0.25, 0.3) is 0 Å². The number of benzene rings is 1. The fourth-order valence-electron chi connectivity index (χ4n) is 1.98. The van der Waals surface area contributed by atoms with Crippen molar-refractivity contribution in [1.82, 2.24) is 0 Å². The molecule has 5 heteroatoms. The van der Waals surface area contributed by atoms with E-state index in [0.29, 0.717) is 12.4 Å². The van der Waals surface area contributed by atoms with Crippen LogP contribution in [-0.4, -0.2) is 22.5 Å². The zero-order valence-corrected chi connectivity index (χ0v) is 13.3. The average Bonchev–Trinajstić information content (AvgIpc) is 2.99. The van der Waals surface area contributed by atoms with Gasteiger partial charge < -0.3 is 9.47 Å². The van der Waals surface area contributed by atoms with Gasteiger partial charge in [-0.2, -0.15) is 0 Å². The molecule has 0 radical (unpaired) electrons. The molecule has 0 heterocycles. The third-order valence-corrected chi connectivity index (χ3v) is 4.08. The molecule has 1 fully saturated rings. The zero-order valence-electron chi connectivity index (χ0n) is 11.8. The molecule has 1 saturated carbocycles. The van der Waals surface area contributed by atoms with Crippen LogP contribution >= 0.6 is 23.2 Å². The summed E-state index contributed by atoms with van der Waals surface area (Å²) in [4.78, 5) is 11.8. The normalized spacial score (nSPS) is 20.4. The predicted octanol–water partition coefficient (Wildman–Crippen LogP) is 4.07. The Morgan fingerprint density at radius 2 is 1.90 bits per heavy atom. The van der Waals surface area contributed by atoms with Gasteiger partial charge in [0, 0.05) is 5.92 Å². The summed E-state index contributed by atoms with van der Waals surface area (Å²) < 4.78 is 10.0. The minimum absolute atomic E-state index is 0.179. The third-order valence-electron chi connectivity index (χ3n) is 3.25. The topological polar surface area (TPSA) is 35.5 Å². The van der Waals surface area contributed by atoms with Gasteiger partial charge in [0.15, 0.2) is 5.60 Å². The van der Waals surface area contributed by atoms with Crippen molar-refractivity contribution in [2.45, 2.75) is 43.0 Å². The lowest BCUT2D eigenvalue weighted by molar-refractivity contribution is -0.158. The summed E-state index contributed by atoms with van der Waals surface area (Å²) in [5.74, 6) is 0.409. The van der Waals surface area contributed by atoms with E-state index in [0.717, 1.165) is 12.0 Å². The van der Waals surface area contributed by atoms with Crippen LogP contribution in [0.15, 0.2) is 24.3 Å². The Bertz CT molecular complexity index is 494. The van der Waals surface area contributed by atoms with Crippen molar-refractivity contribution in [2.75, 3.05) is 6.61 Å². The molecule has 1 aliphatic carbocycles. The summed E-state index contributed by atoms with van der Waals surface area (Å²) in [6, 6.07) is 7.48. The Morgan fingerprint density at radius 1 is 1.35 bits per heavy atom. The number of alkyl halides is 2. The van der Waals surface area contributed by atoms with Crippen LogP contribution < -0.4 is 4.74 Å². The van der Waals surface area contributed by atoms with Gasteiger partial charge in [-0.25, -0.2) is 4.79 Å². The first kappa shape index (κ1) is 15.5. The van der Waals surface area contributed by atoms with Crippen molar-refractivity contribution in [1.29, 1.82) is 0 Å². The van der Waals surface area contributed by atoms with Crippen molar-refractivity contribution < 1.29 is 14.3 Å². The van der Waals surface area contributed by atoms with Crippen LogP contribution in [0.3, 0.4) is 0 Å². The largest absolute Gasteiger partial charge is 0.476 e. The molecule has 0 N–H and O–H groups in total. The highest BCUT2D eigenvalue weighted by Gasteiger charge is 2.52. The molecule has 3 nitrogen and oxygen atoms in total. The van der Waals surface area contributed by atoms with E-state index in [1.807, 2.05) is 24.3 Å². The smallest absolute Gasteiger partial charge is 0.349 e. The van der Waals surface area contributed by atoms with Crippen LogP contribution in [0.2, 0.25) is 0 Å². The van der Waals surface area contributed by atoms with Crippen molar-refractivity contribution in [2.24, 2.45) is 0 Å². The Hall–Kier alpha value is -0.930. The van der Waals surface area contributed by atoms with Crippen LogP contribution in [-0.2, 0) is 9.53 Å². The lowest BCUT2D eigenvalue weighted by Crippen LogP contribution is -2.39. The van der Waals surface area contributed by atoms with Crippen LogP contribution in [0.5, 0.6) is 5.75 Å². The minimum atomic E-state index is -1.01. The lowest BCUT2D eigenvalue weighted by atomic mass is 10.1. The number of carbonyl (C=O) groups excluding carboxylic acids is 1. The maximum Gasteiger partial charge on any atom is 0.349 e. The second-order valence-corrected chi connectivity index (χ2v) is 6.96. The molecule has 110 valence electrons. The molecule has 1 aliphatic rings. The Balaban J connectivity index is 2.02. The number of ether oxygens (including phenoxy) is 2. The van der Waals surface area contributed by atoms with Gasteiger partial charge in [0.1, 0.15) is 10.1 Å². The summed E-state index contributed by atoms with van der Waals surface area (Å²) in [7, 11) is 0. The first-order valence-corrected chi connectivity index (χ1v) is 7.36. The molecule has 1 atom stereocenters. The van der Waals surface area contributed by atoms with Crippen LogP contribution in [0.1, 0.15) is 38.7 Å². The van der Waals surface area contributed by atoms with E-state index >= 15 is 0 Å². The molecular formula is C15H18Cl2O3. The molecule has 0 spiro atoms. The van der Waals surface area contributed by atoms with E-state index in [2.05, 4.69) is 0 Å². The minimum Gasteiger partial charge on any atom is -0.476 e. The maximum absolute atomic E-state index is 11.8. The number of rotatable bonds is 5. The van der Waals surface area contributed by atoms with E-state index in [1.165, 1.54) is 0 Å². The number of halogens is 2. The van der Waals surface area contributed by atoms with Gasteiger partial charge in [0.05, 0.1) is 6.61 Å². The average molecular weight is 317 g/mol. The highest BCUT2D eigenvalue weighted by molar-refractivity contribution is 6.51. The van der Waals surface area contributed by atoms with Crippen LogP contribution in [0.25, 0.3) is 0 Å². The Morgan fingerprint density at radius 3 is 2.35 bits per heavy atom. The molecule has 0 bridgehead atoms. The van der Waals surface area contributed by atoms with E-state index in [9.17, 15) is 4.79 Å². The van der Waals surface area contributed by atoms with Crippen LogP contribution in [0.4, 0.5) is 0 Å². The SMILES string of the molecule is CCOC(=O)C(C)(C)Oc1ccc([C@H]2CC2(Cl)Cl)cc1. The first-order valence-electron chi connectivity index (χ1n) is 6.60. The van der Waals surface area contributed by atoms with Crippen LogP contribution in [0, 0.1) is 0 Å². The fourth-order valence-corrected chi connectivity index (χ4v) is 2.54. The molecule has 0 aromatic heterocycles. The van der Waals surface area contributed by atoms with E-state index in [4.69, 9.17) is 32.7 Å². The number of hydrogen-bond acceptors (Lipinski definition) is 3. The van der Waals surface area contributed by atoms with Crippen molar-refractivity contribution in [3.8, 4) is 5.75 Å². The standard InChI is InChI=1S/C15H18Cl2O3/c1-4-19-13(18)14(2,3)20-11-7-5-10(6-8-11)12-9-15(12,16)17/h5-8,12H,4,9H2,1-3H3/t12-/m1/s1. The Labute approximate surface area is 129 Å². The fraction of sp³-hybridized carbons (Fsp3) is 0.533. The van der Waals surface area contributed by atoms with Crippen molar-refractivity contribution in [3.63, 3.8) is 0 Å². The summed E-state index contributed by atoms with van der Waals surface area (Å²) in [5, 5.41) is 0. The second-order valence-electron chi connectivity index (χ2n) is 5.42. The number of hydrogen-bond donors (Lipinski definition) is 0. The van der Waals surface area contributed by atoms with Crippen molar-refractivity contribution >= 4 is 29.2 Å². The summed E-state index contributed by atoms with van der Waals surface area (Å²) in [6.45, 7) is 5.47. The molecule has 0 aliphatic heterocycles. The van der Waals surface area contributed by atoms with Gasteiger partial charge in [0.2, 0.25) is 0 Å². The Kier molecular flexibility index (Phi) is 4.22. The van der Waals surface area contributed by atoms with E-state index in [1.54, 1.807) is 20.8 Å². The van der Waals surface area contributed by atoms with Gasteiger partial charge >= 0.3 is 5.97 Å². The number of esters is 1. The molecule has 0 saturated heterocycles. The highest BCUT2D eigenvalue weighted by Crippen LogP contribution is 2.59. The van der Waals surface area contributed by atoms with E-state index in [-0.39, 0.29) is 11.9 Å². The van der Waals surface area contributed by atoms with Crippen molar-refractivity contribution in [3.05, 3.63) is 29.8 Å². The zero-order chi connectivity index (χ0) is 15.0. The first-order chi connectivity index (χ1) is 9.26. The lowest BCUT2D eigenvalue weighted by Gasteiger charge is -2.24. The summed E-state index contributed by atoms with van der Waals surface area (Å²) >= 11 is 12.1.